The highest BCUT2D eigenvalue weighted by molar-refractivity contribution is 7.90. The van der Waals surface area contributed by atoms with Crippen molar-refractivity contribution in [3.63, 3.8) is 0 Å². The lowest BCUT2D eigenvalue weighted by Gasteiger charge is -2.24. The molecule has 8 nitrogen and oxygen atoms in total. The van der Waals surface area contributed by atoms with Gasteiger partial charge in [0.1, 0.15) is 5.25 Å². The van der Waals surface area contributed by atoms with E-state index in [4.69, 9.17) is 4.84 Å². The van der Waals surface area contributed by atoms with Gasteiger partial charge >= 0.3 is 0 Å². The predicted molar refractivity (Wildman–Crippen MR) is 100 cm³/mol. The molecule has 0 amide bonds. The zero-order valence-electron chi connectivity index (χ0n) is 15.0. The summed E-state index contributed by atoms with van der Waals surface area (Å²) in [6.45, 7) is 1.75. The number of non-ortho nitro benzene ring substituents is 1. The minimum absolute atomic E-state index is 0.0271. The van der Waals surface area contributed by atoms with Crippen LogP contribution in [0.15, 0.2) is 54.6 Å². The van der Waals surface area contributed by atoms with E-state index in [1.165, 1.54) is 17.2 Å². The van der Waals surface area contributed by atoms with Crippen LogP contribution in [0.1, 0.15) is 30.1 Å². The average molecular weight is 391 g/mol. The van der Waals surface area contributed by atoms with Crippen LogP contribution in [0.5, 0.6) is 0 Å². The Morgan fingerprint density at radius 3 is 2.59 bits per heavy atom. The van der Waals surface area contributed by atoms with Crippen molar-refractivity contribution >= 4 is 15.7 Å². The Kier molecular flexibility index (Phi) is 5.56. The van der Waals surface area contributed by atoms with Crippen molar-refractivity contribution in [1.82, 2.24) is 9.79 Å². The summed E-state index contributed by atoms with van der Waals surface area (Å²) in [5.74, 6) is 0. The van der Waals surface area contributed by atoms with Crippen LogP contribution in [0.2, 0.25) is 0 Å². The molecule has 3 rings (SSSR count). The Bertz CT molecular complexity index is 920. The molecule has 2 aromatic rings. The lowest BCUT2D eigenvalue weighted by atomic mass is 10.0. The van der Waals surface area contributed by atoms with Gasteiger partial charge in [0.05, 0.1) is 17.6 Å². The quantitative estimate of drug-likeness (QED) is 0.600. The first-order chi connectivity index (χ1) is 12.8. The Morgan fingerprint density at radius 1 is 1.22 bits per heavy atom. The van der Waals surface area contributed by atoms with Gasteiger partial charge < -0.3 is 0 Å². The highest BCUT2D eigenvalue weighted by Gasteiger charge is 2.44. The molecular formula is C18H21N3O5S. The summed E-state index contributed by atoms with van der Waals surface area (Å²) >= 11 is 0. The van der Waals surface area contributed by atoms with E-state index < -0.39 is 32.3 Å². The van der Waals surface area contributed by atoms with Crippen molar-refractivity contribution in [1.29, 1.82) is 0 Å². The maximum atomic E-state index is 13.0. The molecule has 0 saturated carbocycles. The van der Waals surface area contributed by atoms with Gasteiger partial charge in [-0.3, -0.25) is 15.0 Å². The highest BCUT2D eigenvalue weighted by Crippen LogP contribution is 2.35. The molecular weight excluding hydrogens is 370 g/mol. The zero-order chi connectivity index (χ0) is 19.6. The van der Waals surface area contributed by atoms with Crippen LogP contribution in [0.4, 0.5) is 5.69 Å². The monoisotopic (exact) mass is 391 g/mol. The van der Waals surface area contributed by atoms with Crippen LogP contribution >= 0.6 is 0 Å². The number of sulfonamides is 1. The number of hydroxylamine groups is 2. The highest BCUT2D eigenvalue weighted by atomic mass is 32.2. The molecule has 144 valence electrons. The van der Waals surface area contributed by atoms with Gasteiger partial charge in [0.2, 0.25) is 10.0 Å². The fraction of sp³-hybridized carbons (Fsp3) is 0.333. The van der Waals surface area contributed by atoms with Gasteiger partial charge in [-0.2, -0.15) is 5.06 Å². The largest absolute Gasteiger partial charge is 0.297 e. The summed E-state index contributed by atoms with van der Waals surface area (Å²) in [6.07, 6.45) is 0. The van der Waals surface area contributed by atoms with E-state index in [1.54, 1.807) is 26.1 Å². The topological polar surface area (TPSA) is 102 Å². The second-order valence-electron chi connectivity index (χ2n) is 6.47. The van der Waals surface area contributed by atoms with Crippen molar-refractivity contribution in [3.05, 3.63) is 75.8 Å². The molecule has 1 fully saturated rings. The Labute approximate surface area is 157 Å². The SMILES string of the molecule is C[C@H](NS(=O)(=O)[C@@H]1CON(C)[C@@H]1c1cccc([N+](=O)[O-])c1)c1ccccc1. The third-order valence-corrected chi connectivity index (χ3v) is 6.52. The summed E-state index contributed by atoms with van der Waals surface area (Å²) in [7, 11) is -2.13. The minimum atomic E-state index is -3.76. The molecule has 1 aliphatic rings. The number of nitro benzene ring substituents is 1. The first-order valence-corrected chi connectivity index (χ1v) is 10.0. The second kappa shape index (κ2) is 7.73. The van der Waals surface area contributed by atoms with Crippen molar-refractivity contribution in [2.45, 2.75) is 24.3 Å². The minimum Gasteiger partial charge on any atom is -0.297 e. The van der Waals surface area contributed by atoms with Crippen LogP contribution in [0.25, 0.3) is 0 Å². The molecule has 1 aliphatic heterocycles. The zero-order valence-corrected chi connectivity index (χ0v) is 15.8. The smallest absolute Gasteiger partial charge is 0.269 e. The van der Waals surface area contributed by atoms with Crippen molar-refractivity contribution < 1.29 is 18.2 Å². The van der Waals surface area contributed by atoms with E-state index in [0.29, 0.717) is 5.56 Å². The molecule has 1 N–H and O–H groups in total. The fourth-order valence-electron chi connectivity index (χ4n) is 3.25. The molecule has 2 aromatic carbocycles. The normalized spacial score (nSPS) is 21.9. The van der Waals surface area contributed by atoms with Crippen molar-refractivity contribution in [3.8, 4) is 0 Å². The number of nitro groups is 1. The van der Waals surface area contributed by atoms with Crippen molar-refractivity contribution in [2.75, 3.05) is 13.7 Å². The Hall–Kier alpha value is -2.33. The van der Waals surface area contributed by atoms with Crippen LogP contribution in [0, 0.1) is 10.1 Å². The molecule has 0 aliphatic carbocycles. The summed E-state index contributed by atoms with van der Waals surface area (Å²) in [4.78, 5) is 16.0. The number of nitrogens with zero attached hydrogens (tertiary/aromatic N) is 2. The summed E-state index contributed by atoms with van der Waals surface area (Å²) in [5.41, 5.74) is 1.28. The van der Waals surface area contributed by atoms with Gasteiger partial charge in [-0.05, 0) is 18.1 Å². The average Bonchev–Trinajstić information content (AvgIpc) is 3.04. The molecule has 0 aromatic heterocycles. The van der Waals surface area contributed by atoms with Crippen LogP contribution < -0.4 is 4.72 Å². The number of hydrogen-bond donors (Lipinski definition) is 1. The fourth-order valence-corrected chi connectivity index (χ4v) is 4.96. The first kappa shape index (κ1) is 19.4. The number of nitrogens with one attached hydrogen (secondary N) is 1. The van der Waals surface area contributed by atoms with E-state index in [2.05, 4.69) is 4.72 Å². The first-order valence-electron chi connectivity index (χ1n) is 8.46. The van der Waals surface area contributed by atoms with Crippen LogP contribution in [-0.4, -0.2) is 37.3 Å². The van der Waals surface area contributed by atoms with E-state index in [0.717, 1.165) is 5.56 Å². The van der Waals surface area contributed by atoms with Crippen molar-refractivity contribution in [2.24, 2.45) is 0 Å². The Morgan fingerprint density at radius 2 is 1.93 bits per heavy atom. The van der Waals surface area contributed by atoms with Crippen LogP contribution in [-0.2, 0) is 14.9 Å². The maximum Gasteiger partial charge on any atom is 0.269 e. The van der Waals surface area contributed by atoms with Gasteiger partial charge in [-0.1, -0.05) is 42.5 Å². The van der Waals surface area contributed by atoms with Gasteiger partial charge in [0.25, 0.3) is 5.69 Å². The van der Waals surface area contributed by atoms with Gasteiger partial charge in [-0.15, -0.1) is 0 Å². The molecule has 0 spiro atoms. The predicted octanol–water partition coefficient (Wildman–Crippen LogP) is 2.56. The van der Waals surface area contributed by atoms with Gasteiger partial charge in [0.15, 0.2) is 0 Å². The second-order valence-corrected chi connectivity index (χ2v) is 8.40. The molecule has 0 bridgehead atoms. The van der Waals surface area contributed by atoms with Crippen LogP contribution in [0.3, 0.4) is 0 Å². The molecule has 9 heteroatoms. The molecule has 0 unspecified atom stereocenters. The number of benzene rings is 2. The third-order valence-electron chi connectivity index (χ3n) is 4.65. The number of hydrogen-bond acceptors (Lipinski definition) is 6. The lowest BCUT2D eigenvalue weighted by molar-refractivity contribution is -0.385. The van der Waals surface area contributed by atoms with Gasteiger partial charge in [-0.25, -0.2) is 13.1 Å². The van der Waals surface area contributed by atoms with E-state index in [9.17, 15) is 18.5 Å². The molecule has 1 saturated heterocycles. The molecule has 27 heavy (non-hydrogen) atoms. The standard InChI is InChI=1S/C18H21N3O5S/c1-13(14-7-4-3-5-8-14)19-27(24,25)17-12-26-20(2)18(17)15-9-6-10-16(11-15)21(22)23/h3-11,13,17-19H,12H2,1-2H3/t13-,17+,18+/m0/s1. The molecule has 1 heterocycles. The summed E-state index contributed by atoms with van der Waals surface area (Å²) in [6, 6.07) is 14.2. The summed E-state index contributed by atoms with van der Waals surface area (Å²) < 4.78 is 28.7. The maximum absolute atomic E-state index is 13.0. The lowest BCUT2D eigenvalue weighted by Crippen LogP contribution is -2.40. The van der Waals surface area contributed by atoms with E-state index >= 15 is 0 Å². The van der Waals surface area contributed by atoms with Gasteiger partial charge in [0, 0.05) is 25.2 Å². The Balaban J connectivity index is 1.87. The van der Waals surface area contributed by atoms with E-state index in [1.807, 2.05) is 30.3 Å². The third kappa shape index (κ3) is 4.16. The summed E-state index contributed by atoms with van der Waals surface area (Å²) in [5, 5.41) is 11.6. The van der Waals surface area contributed by atoms with E-state index in [-0.39, 0.29) is 12.3 Å². The number of rotatable bonds is 6. The molecule has 0 radical (unpaired) electrons. The molecule has 3 atom stereocenters.